The van der Waals surface area contributed by atoms with E-state index in [2.05, 4.69) is 52.3 Å². The monoisotopic (exact) mass is 422 g/mol. The van der Waals surface area contributed by atoms with E-state index < -0.39 is 0 Å². The lowest BCUT2D eigenvalue weighted by atomic mass is 9.98. The van der Waals surface area contributed by atoms with Crippen molar-refractivity contribution in [3.05, 3.63) is 83.4 Å². The van der Waals surface area contributed by atoms with E-state index in [-0.39, 0.29) is 0 Å². The summed E-state index contributed by atoms with van der Waals surface area (Å²) in [6.07, 6.45) is 0. The summed E-state index contributed by atoms with van der Waals surface area (Å²) in [4.78, 5) is 4.87. The fourth-order valence-electron chi connectivity index (χ4n) is 4.08. The fourth-order valence-corrected chi connectivity index (χ4v) is 4.08. The van der Waals surface area contributed by atoms with Crippen LogP contribution in [0.25, 0.3) is 11.1 Å². The summed E-state index contributed by atoms with van der Waals surface area (Å²) < 4.78 is 5.84. The SMILES string of the molecule is Cc1cc(-c2ccccc2N2CCN(CCOc3ccc(C#N)cc3)CC2)ccc1C#N. The number of hydrogen-bond donors (Lipinski definition) is 0. The summed E-state index contributed by atoms with van der Waals surface area (Å²) in [5.41, 5.74) is 5.97. The largest absolute Gasteiger partial charge is 0.492 e. The Morgan fingerprint density at radius 3 is 2.31 bits per heavy atom. The van der Waals surface area contributed by atoms with Gasteiger partial charge in [0.25, 0.3) is 0 Å². The molecule has 0 N–H and O–H groups in total. The number of rotatable bonds is 6. The predicted octanol–water partition coefficient (Wildman–Crippen LogP) is 4.61. The Bertz CT molecular complexity index is 1150. The molecule has 160 valence electrons. The number of para-hydroxylation sites is 1. The first kappa shape index (κ1) is 21.4. The summed E-state index contributed by atoms with van der Waals surface area (Å²) in [6, 6.07) is 26.2. The van der Waals surface area contributed by atoms with Crippen LogP contribution in [0, 0.1) is 29.6 Å². The summed E-state index contributed by atoms with van der Waals surface area (Å²) >= 11 is 0. The van der Waals surface area contributed by atoms with E-state index in [0.717, 1.165) is 55.2 Å². The van der Waals surface area contributed by atoms with Gasteiger partial charge in [0.05, 0.1) is 23.3 Å². The molecule has 0 saturated carbocycles. The molecule has 5 nitrogen and oxygen atoms in total. The number of nitrogens with zero attached hydrogens (tertiary/aromatic N) is 4. The molecule has 5 heteroatoms. The summed E-state index contributed by atoms with van der Waals surface area (Å²) in [6.45, 7) is 7.39. The van der Waals surface area contributed by atoms with Crippen molar-refractivity contribution in [2.24, 2.45) is 0 Å². The normalized spacial score (nSPS) is 13.9. The van der Waals surface area contributed by atoms with Gasteiger partial charge >= 0.3 is 0 Å². The highest BCUT2D eigenvalue weighted by Crippen LogP contribution is 2.32. The van der Waals surface area contributed by atoms with E-state index in [0.29, 0.717) is 12.2 Å². The Kier molecular flexibility index (Phi) is 6.70. The van der Waals surface area contributed by atoms with Gasteiger partial charge in [-0.1, -0.05) is 30.3 Å². The maximum absolute atomic E-state index is 9.23. The Morgan fingerprint density at radius 1 is 0.875 bits per heavy atom. The van der Waals surface area contributed by atoms with Gasteiger partial charge in [0.15, 0.2) is 0 Å². The van der Waals surface area contributed by atoms with Gasteiger partial charge in [0, 0.05) is 44.0 Å². The minimum absolute atomic E-state index is 0.632. The van der Waals surface area contributed by atoms with Crippen LogP contribution in [0.3, 0.4) is 0 Å². The van der Waals surface area contributed by atoms with Gasteiger partial charge in [-0.2, -0.15) is 10.5 Å². The number of nitriles is 2. The van der Waals surface area contributed by atoms with E-state index in [1.807, 2.05) is 31.2 Å². The molecule has 1 aliphatic rings. The smallest absolute Gasteiger partial charge is 0.119 e. The van der Waals surface area contributed by atoms with Crippen LogP contribution in [0.5, 0.6) is 5.75 Å². The lowest BCUT2D eigenvalue weighted by Crippen LogP contribution is -2.47. The summed E-state index contributed by atoms with van der Waals surface area (Å²) in [5.74, 6) is 0.800. The topological polar surface area (TPSA) is 63.3 Å². The number of piperazine rings is 1. The van der Waals surface area contributed by atoms with Crippen molar-refractivity contribution in [1.82, 2.24) is 4.90 Å². The molecule has 0 unspecified atom stereocenters. The fraction of sp³-hybridized carbons (Fsp3) is 0.259. The molecule has 1 fully saturated rings. The number of benzene rings is 3. The average molecular weight is 423 g/mol. The van der Waals surface area contributed by atoms with E-state index in [1.54, 1.807) is 12.1 Å². The first-order valence-electron chi connectivity index (χ1n) is 10.9. The number of hydrogen-bond acceptors (Lipinski definition) is 5. The van der Waals surface area contributed by atoms with Crippen LogP contribution in [0.2, 0.25) is 0 Å². The van der Waals surface area contributed by atoms with Crippen LogP contribution in [0.4, 0.5) is 5.69 Å². The molecule has 4 rings (SSSR count). The van der Waals surface area contributed by atoms with Gasteiger partial charge in [-0.15, -0.1) is 0 Å². The van der Waals surface area contributed by atoms with E-state index in [9.17, 15) is 5.26 Å². The van der Waals surface area contributed by atoms with Gasteiger partial charge in [-0.05, 0) is 54.4 Å². The number of ether oxygens (including phenoxy) is 1. The molecule has 0 aromatic heterocycles. The van der Waals surface area contributed by atoms with Crippen molar-refractivity contribution in [3.63, 3.8) is 0 Å². The molecule has 1 aliphatic heterocycles. The lowest BCUT2D eigenvalue weighted by molar-refractivity contribution is 0.200. The third kappa shape index (κ3) is 4.91. The highest BCUT2D eigenvalue weighted by Gasteiger charge is 2.19. The molecule has 3 aromatic rings. The maximum atomic E-state index is 9.23. The summed E-state index contributed by atoms with van der Waals surface area (Å²) in [5, 5.41) is 18.1. The molecule has 3 aromatic carbocycles. The van der Waals surface area contributed by atoms with Crippen molar-refractivity contribution in [2.75, 3.05) is 44.2 Å². The Morgan fingerprint density at radius 2 is 1.62 bits per heavy atom. The molecule has 0 radical (unpaired) electrons. The molecule has 0 amide bonds. The van der Waals surface area contributed by atoms with Crippen LogP contribution in [-0.2, 0) is 0 Å². The zero-order chi connectivity index (χ0) is 22.3. The second-order valence-electron chi connectivity index (χ2n) is 7.97. The quantitative estimate of drug-likeness (QED) is 0.581. The van der Waals surface area contributed by atoms with E-state index in [4.69, 9.17) is 10.00 Å². The van der Waals surface area contributed by atoms with Crippen molar-refractivity contribution in [3.8, 4) is 29.0 Å². The minimum Gasteiger partial charge on any atom is -0.492 e. The third-order valence-corrected chi connectivity index (χ3v) is 5.93. The lowest BCUT2D eigenvalue weighted by Gasteiger charge is -2.37. The van der Waals surface area contributed by atoms with Gasteiger partial charge in [-0.3, -0.25) is 4.90 Å². The Balaban J connectivity index is 1.35. The second kappa shape index (κ2) is 10.0. The van der Waals surface area contributed by atoms with E-state index in [1.165, 1.54) is 11.3 Å². The van der Waals surface area contributed by atoms with Gasteiger partial charge in [0.1, 0.15) is 12.4 Å². The van der Waals surface area contributed by atoms with Gasteiger partial charge < -0.3 is 9.64 Å². The Labute approximate surface area is 189 Å². The highest BCUT2D eigenvalue weighted by molar-refractivity contribution is 5.79. The first-order valence-corrected chi connectivity index (χ1v) is 10.9. The second-order valence-corrected chi connectivity index (χ2v) is 7.97. The number of anilines is 1. The molecule has 1 saturated heterocycles. The molecule has 0 atom stereocenters. The molecule has 0 aliphatic carbocycles. The molecule has 32 heavy (non-hydrogen) atoms. The van der Waals surface area contributed by atoms with Crippen LogP contribution < -0.4 is 9.64 Å². The predicted molar refractivity (Wildman–Crippen MR) is 127 cm³/mol. The molecule has 1 heterocycles. The zero-order valence-electron chi connectivity index (χ0n) is 18.3. The van der Waals surface area contributed by atoms with Gasteiger partial charge in [0.2, 0.25) is 0 Å². The Hall–Kier alpha value is -3.80. The summed E-state index contributed by atoms with van der Waals surface area (Å²) in [7, 11) is 0. The van der Waals surface area contributed by atoms with E-state index >= 15 is 0 Å². The maximum Gasteiger partial charge on any atom is 0.119 e. The van der Waals surface area contributed by atoms with Crippen LogP contribution in [0.15, 0.2) is 66.7 Å². The van der Waals surface area contributed by atoms with Crippen molar-refractivity contribution < 1.29 is 4.74 Å². The molecule has 0 spiro atoms. The van der Waals surface area contributed by atoms with Crippen molar-refractivity contribution >= 4 is 5.69 Å². The van der Waals surface area contributed by atoms with Crippen molar-refractivity contribution in [2.45, 2.75) is 6.92 Å². The average Bonchev–Trinajstić information content (AvgIpc) is 2.85. The highest BCUT2D eigenvalue weighted by atomic mass is 16.5. The molecular formula is C27H26N4O. The minimum atomic E-state index is 0.632. The number of aryl methyl sites for hydroxylation is 1. The molecular weight excluding hydrogens is 396 g/mol. The van der Waals surface area contributed by atoms with Crippen LogP contribution in [-0.4, -0.2) is 44.2 Å². The van der Waals surface area contributed by atoms with Gasteiger partial charge in [-0.25, -0.2) is 0 Å². The third-order valence-electron chi connectivity index (χ3n) is 5.93. The standard InChI is InChI=1S/C27H26N4O/c1-21-18-23(8-9-24(21)20-29)26-4-2-3-5-27(26)31-14-12-30(13-15-31)16-17-32-25-10-6-22(19-28)7-11-25/h2-11,18H,12-17H2,1H3. The zero-order valence-corrected chi connectivity index (χ0v) is 18.3. The molecule has 0 bridgehead atoms. The first-order chi connectivity index (χ1) is 15.7. The van der Waals surface area contributed by atoms with Crippen molar-refractivity contribution in [1.29, 1.82) is 10.5 Å². The van der Waals surface area contributed by atoms with Crippen LogP contribution in [0.1, 0.15) is 16.7 Å². The van der Waals surface area contributed by atoms with Crippen LogP contribution >= 0.6 is 0 Å².